The van der Waals surface area contributed by atoms with E-state index >= 15 is 0 Å². The average molecular weight is 363 g/mol. The second-order valence-electron chi connectivity index (χ2n) is 5.46. The number of carbonyl (C=O) groups excluding carboxylic acids is 1. The van der Waals surface area contributed by atoms with Crippen molar-refractivity contribution >= 4 is 33.8 Å². The van der Waals surface area contributed by atoms with Crippen LogP contribution in [0.15, 0.2) is 24.3 Å². The quantitative estimate of drug-likeness (QED) is 0.379. The summed E-state index contributed by atoms with van der Waals surface area (Å²) in [5.74, 6) is -0.206. The summed E-state index contributed by atoms with van der Waals surface area (Å²) in [6, 6.07) is 6.34. The van der Waals surface area contributed by atoms with Crippen LogP contribution in [0.2, 0.25) is 0 Å². The van der Waals surface area contributed by atoms with Gasteiger partial charge in [0.2, 0.25) is 11.0 Å². The second-order valence-corrected chi connectivity index (χ2v) is 6.52. The fraction of sp³-hybridized carbons (Fsp3) is 0.438. The number of unbranched alkanes of at least 4 members (excludes halogenated alkanes) is 2. The van der Waals surface area contributed by atoms with E-state index in [0.29, 0.717) is 17.4 Å². The van der Waals surface area contributed by atoms with Crippen LogP contribution in [0.4, 0.5) is 16.5 Å². The predicted octanol–water partition coefficient (Wildman–Crippen LogP) is 3.62. The number of benzene rings is 1. The fourth-order valence-electron chi connectivity index (χ4n) is 2.21. The molecule has 0 atom stereocenters. The first-order valence-electron chi connectivity index (χ1n) is 8.19. The van der Waals surface area contributed by atoms with Crippen molar-refractivity contribution in [3.63, 3.8) is 0 Å². The highest BCUT2D eigenvalue weighted by Crippen LogP contribution is 2.23. The van der Waals surface area contributed by atoms with E-state index < -0.39 is 4.92 Å². The lowest BCUT2D eigenvalue weighted by atomic mass is 10.2. The second kappa shape index (κ2) is 9.67. The van der Waals surface area contributed by atoms with Gasteiger partial charge in [-0.05, 0) is 12.5 Å². The maximum atomic E-state index is 11.9. The topological polar surface area (TPSA) is 110 Å². The molecule has 25 heavy (non-hydrogen) atoms. The van der Waals surface area contributed by atoms with Crippen LogP contribution in [0, 0.1) is 10.1 Å². The van der Waals surface area contributed by atoms with Crippen molar-refractivity contribution in [2.24, 2.45) is 0 Å². The zero-order valence-electron chi connectivity index (χ0n) is 14.0. The summed E-state index contributed by atoms with van der Waals surface area (Å²) >= 11 is 1.38. The molecule has 0 unspecified atom stereocenters. The van der Waals surface area contributed by atoms with Crippen molar-refractivity contribution in [1.29, 1.82) is 0 Å². The van der Waals surface area contributed by atoms with Gasteiger partial charge in [-0.15, -0.1) is 10.2 Å². The summed E-state index contributed by atoms with van der Waals surface area (Å²) < 4.78 is 0. The molecule has 0 aliphatic heterocycles. The molecular weight excluding hydrogens is 342 g/mol. The smallest absolute Gasteiger partial charge is 0.292 e. The third kappa shape index (κ3) is 6.11. The number of hydrogen-bond acceptors (Lipinski definition) is 7. The number of amides is 1. The zero-order valence-corrected chi connectivity index (χ0v) is 14.8. The minimum absolute atomic E-state index is 0.0104. The molecule has 0 saturated carbocycles. The normalized spacial score (nSPS) is 10.4. The Labute approximate surface area is 149 Å². The molecule has 0 fully saturated rings. The monoisotopic (exact) mass is 363 g/mol. The number of anilines is 2. The average Bonchev–Trinajstić information content (AvgIpc) is 3.02. The number of nitro groups is 1. The molecule has 8 nitrogen and oxygen atoms in total. The van der Waals surface area contributed by atoms with Crippen LogP contribution in [0.25, 0.3) is 0 Å². The number of hydrogen-bond donors (Lipinski definition) is 2. The number of nitro benzene ring substituents is 1. The molecule has 0 aliphatic carbocycles. The van der Waals surface area contributed by atoms with Crippen LogP contribution < -0.4 is 10.6 Å². The van der Waals surface area contributed by atoms with Gasteiger partial charge in [0, 0.05) is 25.5 Å². The summed E-state index contributed by atoms with van der Waals surface area (Å²) in [4.78, 5) is 22.4. The molecule has 0 aliphatic rings. The summed E-state index contributed by atoms with van der Waals surface area (Å²) in [5.41, 5.74) is 0.387. The molecule has 0 radical (unpaired) electrons. The minimum Gasteiger partial charge on any atom is -0.379 e. The Balaban J connectivity index is 1.77. The van der Waals surface area contributed by atoms with Gasteiger partial charge >= 0.3 is 0 Å². The molecule has 1 aromatic carbocycles. The van der Waals surface area contributed by atoms with Gasteiger partial charge in [0.15, 0.2) is 0 Å². The highest BCUT2D eigenvalue weighted by Gasteiger charge is 2.12. The number of nitrogens with zero attached hydrogens (tertiary/aromatic N) is 3. The van der Waals surface area contributed by atoms with Crippen LogP contribution in [-0.2, 0) is 11.2 Å². The first-order chi connectivity index (χ1) is 12.1. The van der Waals surface area contributed by atoms with Crippen molar-refractivity contribution in [3.05, 3.63) is 39.4 Å². The summed E-state index contributed by atoms with van der Waals surface area (Å²) in [6.07, 6.45) is 4.42. The Morgan fingerprint density at radius 3 is 2.84 bits per heavy atom. The van der Waals surface area contributed by atoms with E-state index in [4.69, 9.17) is 0 Å². The van der Waals surface area contributed by atoms with Gasteiger partial charge < -0.3 is 10.6 Å². The minimum atomic E-state index is -0.455. The van der Waals surface area contributed by atoms with Crippen molar-refractivity contribution in [2.75, 3.05) is 17.2 Å². The number of carbonyl (C=O) groups is 1. The lowest BCUT2D eigenvalue weighted by Gasteiger charge is -2.06. The van der Waals surface area contributed by atoms with Gasteiger partial charge in [0.25, 0.3) is 5.69 Å². The highest BCUT2D eigenvalue weighted by atomic mass is 32.1. The lowest BCUT2D eigenvalue weighted by molar-refractivity contribution is -0.384. The molecule has 1 heterocycles. The Bertz CT molecular complexity index is 719. The predicted molar refractivity (Wildman–Crippen MR) is 98.0 cm³/mol. The third-order valence-electron chi connectivity index (χ3n) is 3.48. The maximum absolute atomic E-state index is 11.9. The van der Waals surface area contributed by atoms with E-state index in [0.717, 1.165) is 30.7 Å². The van der Waals surface area contributed by atoms with Gasteiger partial charge in [0.1, 0.15) is 10.7 Å². The number of aryl methyl sites for hydroxylation is 1. The van der Waals surface area contributed by atoms with Crippen molar-refractivity contribution in [2.45, 2.75) is 39.0 Å². The fourth-order valence-corrected chi connectivity index (χ4v) is 3.00. The first-order valence-corrected chi connectivity index (χ1v) is 9.01. The van der Waals surface area contributed by atoms with Crippen LogP contribution in [-0.4, -0.2) is 27.6 Å². The van der Waals surface area contributed by atoms with Crippen LogP contribution >= 0.6 is 11.3 Å². The maximum Gasteiger partial charge on any atom is 0.292 e. The SMILES string of the molecule is CCCCCc1nnc(NC(=O)CCNc2ccccc2[N+](=O)[O-])s1. The molecule has 2 N–H and O–H groups in total. The Hall–Kier alpha value is -2.55. The van der Waals surface area contributed by atoms with E-state index in [1.165, 1.54) is 17.4 Å². The standard InChI is InChI=1S/C16H21N5O3S/c1-2-3-4-9-15-19-20-16(25-15)18-14(22)10-11-17-12-7-5-6-8-13(12)21(23)24/h5-8,17H,2-4,9-11H2,1H3,(H,18,20,22). The third-order valence-corrected chi connectivity index (χ3v) is 4.37. The molecule has 0 saturated heterocycles. The molecule has 2 rings (SSSR count). The molecule has 0 spiro atoms. The Kier molecular flexibility index (Phi) is 7.27. The van der Waals surface area contributed by atoms with E-state index in [-0.39, 0.29) is 18.0 Å². The van der Waals surface area contributed by atoms with E-state index in [1.807, 2.05) is 0 Å². The van der Waals surface area contributed by atoms with Crippen LogP contribution in [0.3, 0.4) is 0 Å². The molecular formula is C16H21N5O3S. The van der Waals surface area contributed by atoms with Gasteiger partial charge in [-0.3, -0.25) is 14.9 Å². The number of rotatable bonds is 10. The van der Waals surface area contributed by atoms with Crippen LogP contribution in [0.5, 0.6) is 0 Å². The van der Waals surface area contributed by atoms with Crippen molar-refractivity contribution in [3.8, 4) is 0 Å². The van der Waals surface area contributed by atoms with Crippen molar-refractivity contribution < 1.29 is 9.72 Å². The number of aromatic nitrogens is 2. The summed E-state index contributed by atoms with van der Waals surface area (Å²) in [6.45, 7) is 2.43. The molecule has 1 aromatic heterocycles. The summed E-state index contributed by atoms with van der Waals surface area (Å²) in [7, 11) is 0. The van der Waals surface area contributed by atoms with Crippen molar-refractivity contribution in [1.82, 2.24) is 10.2 Å². The van der Waals surface area contributed by atoms with Crippen LogP contribution in [0.1, 0.15) is 37.6 Å². The van der Waals surface area contributed by atoms with Gasteiger partial charge in [-0.25, -0.2) is 0 Å². The number of para-hydroxylation sites is 2. The molecule has 0 bridgehead atoms. The zero-order chi connectivity index (χ0) is 18.1. The highest BCUT2D eigenvalue weighted by molar-refractivity contribution is 7.15. The van der Waals surface area contributed by atoms with E-state index in [2.05, 4.69) is 27.8 Å². The summed E-state index contributed by atoms with van der Waals surface area (Å²) in [5, 5.41) is 26.0. The van der Waals surface area contributed by atoms with Gasteiger partial charge in [-0.2, -0.15) is 0 Å². The molecule has 134 valence electrons. The molecule has 1 amide bonds. The molecule has 9 heteroatoms. The largest absolute Gasteiger partial charge is 0.379 e. The Morgan fingerprint density at radius 2 is 2.08 bits per heavy atom. The first kappa shape index (κ1) is 18.8. The lowest BCUT2D eigenvalue weighted by Crippen LogP contribution is -2.16. The van der Waals surface area contributed by atoms with Gasteiger partial charge in [0.05, 0.1) is 4.92 Å². The number of nitrogens with one attached hydrogen (secondary N) is 2. The molecule has 2 aromatic rings. The van der Waals surface area contributed by atoms with E-state index in [1.54, 1.807) is 18.2 Å². The van der Waals surface area contributed by atoms with E-state index in [9.17, 15) is 14.9 Å². The Morgan fingerprint density at radius 1 is 1.28 bits per heavy atom. The van der Waals surface area contributed by atoms with Gasteiger partial charge in [-0.1, -0.05) is 43.2 Å².